The number of pyridine rings is 1. The zero-order valence-electron chi connectivity index (χ0n) is 11.6. The Balaban J connectivity index is 2.00. The summed E-state index contributed by atoms with van der Waals surface area (Å²) in [7, 11) is 0. The van der Waals surface area contributed by atoms with E-state index in [4.69, 9.17) is 23.2 Å². The van der Waals surface area contributed by atoms with Gasteiger partial charge in [0.1, 0.15) is 0 Å². The molecular weight excluding hydrogens is 368 g/mol. The van der Waals surface area contributed by atoms with Crippen LogP contribution in [0.15, 0.2) is 40.7 Å². The van der Waals surface area contributed by atoms with E-state index in [9.17, 15) is 18.3 Å². The minimum Gasteiger partial charge on any atom is -0.493 e. The number of fused-ring (bicyclic) bond motifs is 1. The van der Waals surface area contributed by atoms with Crippen LogP contribution in [0.3, 0.4) is 0 Å². The van der Waals surface area contributed by atoms with Gasteiger partial charge in [-0.3, -0.25) is 0 Å². The summed E-state index contributed by atoms with van der Waals surface area (Å²) in [5.41, 5.74) is -0.351. The van der Waals surface area contributed by atoms with Gasteiger partial charge in [-0.15, -0.1) is 10.2 Å². The van der Waals surface area contributed by atoms with Crippen LogP contribution in [0.2, 0.25) is 10.0 Å². The molecule has 0 radical (unpaired) electrons. The lowest BCUT2D eigenvalue weighted by Crippen LogP contribution is -2.05. The summed E-state index contributed by atoms with van der Waals surface area (Å²) in [5.74, 6) is -0.473. The molecular formula is C14H7Cl2F3N4O. The summed E-state index contributed by atoms with van der Waals surface area (Å²) >= 11 is 11.6. The van der Waals surface area contributed by atoms with Gasteiger partial charge in [0.15, 0.2) is 11.5 Å². The predicted octanol–water partition coefficient (Wildman–Crippen LogP) is 6.01. The summed E-state index contributed by atoms with van der Waals surface area (Å²) < 4.78 is 37.7. The minimum absolute atomic E-state index is 0.0743. The second-order valence-corrected chi connectivity index (χ2v) is 5.58. The van der Waals surface area contributed by atoms with Crippen LogP contribution in [0.1, 0.15) is 5.56 Å². The number of aromatic hydroxyl groups is 1. The Bertz CT molecular complexity index is 953. The quantitative estimate of drug-likeness (QED) is 0.539. The number of aromatic nitrogens is 2. The molecule has 0 spiro atoms. The number of hydrogen-bond acceptors (Lipinski definition) is 4. The molecule has 0 amide bonds. The summed E-state index contributed by atoms with van der Waals surface area (Å²) in [5, 5.41) is 18.0. The summed E-state index contributed by atoms with van der Waals surface area (Å²) in [6.07, 6.45) is -3.95. The third-order valence-corrected chi connectivity index (χ3v) is 3.62. The monoisotopic (exact) mass is 374 g/mol. The second-order valence-electron chi connectivity index (χ2n) is 4.74. The maximum atomic E-state index is 12.6. The van der Waals surface area contributed by atoms with Crippen molar-refractivity contribution in [3.63, 3.8) is 0 Å². The Hall–Kier alpha value is -2.32. The van der Waals surface area contributed by atoms with Crippen LogP contribution in [0.5, 0.6) is 5.88 Å². The lowest BCUT2D eigenvalue weighted by molar-refractivity contribution is -0.137. The maximum Gasteiger partial charge on any atom is 0.417 e. The van der Waals surface area contributed by atoms with Crippen LogP contribution in [-0.4, -0.2) is 15.1 Å². The van der Waals surface area contributed by atoms with Crippen molar-refractivity contribution in [3.05, 3.63) is 46.1 Å². The maximum absolute atomic E-state index is 12.6. The van der Waals surface area contributed by atoms with E-state index in [2.05, 4.69) is 20.2 Å². The van der Waals surface area contributed by atoms with Crippen molar-refractivity contribution in [2.45, 2.75) is 6.18 Å². The molecule has 0 saturated carbocycles. The van der Waals surface area contributed by atoms with Crippen LogP contribution in [0.25, 0.3) is 10.9 Å². The third kappa shape index (κ3) is 3.15. The van der Waals surface area contributed by atoms with Crippen LogP contribution in [0, 0.1) is 0 Å². The molecule has 1 aromatic carbocycles. The van der Waals surface area contributed by atoms with Crippen LogP contribution in [0.4, 0.5) is 24.7 Å². The molecule has 2 heterocycles. The molecule has 0 aliphatic carbocycles. The highest BCUT2D eigenvalue weighted by atomic mass is 35.5. The van der Waals surface area contributed by atoms with Gasteiger partial charge < -0.3 is 10.1 Å². The van der Waals surface area contributed by atoms with E-state index in [0.29, 0.717) is 28.2 Å². The molecule has 2 N–H and O–H groups in total. The highest BCUT2D eigenvalue weighted by Crippen LogP contribution is 2.38. The van der Waals surface area contributed by atoms with Gasteiger partial charge in [0.05, 0.1) is 16.1 Å². The van der Waals surface area contributed by atoms with Gasteiger partial charge in [0.2, 0.25) is 5.88 Å². The number of nitrogens with zero attached hydrogens (tertiary/aromatic N) is 3. The number of nitrogens with one attached hydrogen (secondary N) is 1. The van der Waals surface area contributed by atoms with Crippen molar-refractivity contribution < 1.29 is 18.3 Å². The molecule has 0 aliphatic heterocycles. The molecule has 3 rings (SSSR count). The molecule has 124 valence electrons. The van der Waals surface area contributed by atoms with E-state index < -0.39 is 11.7 Å². The number of aromatic amines is 1. The molecule has 3 aromatic rings. The van der Waals surface area contributed by atoms with Gasteiger partial charge in [0.25, 0.3) is 0 Å². The highest BCUT2D eigenvalue weighted by molar-refractivity contribution is 6.32. The largest absolute Gasteiger partial charge is 0.493 e. The lowest BCUT2D eigenvalue weighted by atomic mass is 10.2. The summed E-state index contributed by atoms with van der Waals surface area (Å²) in [6, 6.07) is 5.52. The Kier molecular flexibility index (Phi) is 4.10. The Morgan fingerprint density at radius 3 is 2.54 bits per heavy atom. The number of hydrogen-bond donors (Lipinski definition) is 2. The van der Waals surface area contributed by atoms with E-state index >= 15 is 0 Å². The van der Waals surface area contributed by atoms with Crippen molar-refractivity contribution >= 4 is 45.6 Å². The zero-order chi connectivity index (χ0) is 17.5. The molecule has 5 nitrogen and oxygen atoms in total. The van der Waals surface area contributed by atoms with Crippen LogP contribution in [-0.2, 0) is 6.18 Å². The smallest absolute Gasteiger partial charge is 0.417 e. The van der Waals surface area contributed by atoms with Gasteiger partial charge >= 0.3 is 6.18 Å². The molecule has 2 aromatic heterocycles. The normalized spacial score (nSPS) is 12.4. The molecule has 10 heteroatoms. The number of azo groups is 1. The number of rotatable bonds is 2. The first kappa shape index (κ1) is 16.5. The zero-order valence-corrected chi connectivity index (χ0v) is 13.1. The van der Waals surface area contributed by atoms with Gasteiger partial charge in [-0.25, -0.2) is 4.98 Å². The molecule has 0 bridgehead atoms. The Labute approximate surface area is 142 Å². The predicted molar refractivity (Wildman–Crippen MR) is 83.4 cm³/mol. The van der Waals surface area contributed by atoms with Crippen LogP contribution < -0.4 is 0 Å². The average molecular weight is 375 g/mol. The Morgan fingerprint density at radius 1 is 1.12 bits per heavy atom. The minimum atomic E-state index is -4.56. The first-order valence-corrected chi connectivity index (χ1v) is 7.16. The van der Waals surface area contributed by atoms with Gasteiger partial charge in [-0.1, -0.05) is 23.2 Å². The first-order chi connectivity index (χ1) is 11.3. The van der Waals surface area contributed by atoms with E-state index in [0.717, 1.165) is 0 Å². The lowest BCUT2D eigenvalue weighted by Gasteiger charge is -2.06. The van der Waals surface area contributed by atoms with Crippen molar-refractivity contribution in [2.24, 2.45) is 10.2 Å². The molecule has 0 aliphatic rings. The van der Waals surface area contributed by atoms with Gasteiger partial charge in [-0.05, 0) is 24.3 Å². The topological polar surface area (TPSA) is 73.6 Å². The van der Waals surface area contributed by atoms with E-state index in [1.54, 1.807) is 18.2 Å². The van der Waals surface area contributed by atoms with Crippen molar-refractivity contribution in [2.75, 3.05) is 0 Å². The standard InChI is InChI=1S/C14H7Cl2F3N4O/c15-7-1-2-10-8(4-7)11(13(24)21-10)22-23-12-9(16)3-6(5-20-12)14(17,18)19/h1-5,21,24H. The fraction of sp³-hybridized carbons (Fsp3) is 0.0714. The highest BCUT2D eigenvalue weighted by Gasteiger charge is 2.31. The van der Waals surface area contributed by atoms with E-state index in [-0.39, 0.29) is 22.4 Å². The molecule has 0 fully saturated rings. The number of halogens is 5. The number of alkyl halides is 3. The molecule has 0 saturated heterocycles. The van der Waals surface area contributed by atoms with E-state index in [1.807, 2.05) is 0 Å². The molecule has 0 unspecified atom stereocenters. The average Bonchev–Trinajstić information content (AvgIpc) is 2.80. The molecule has 0 atom stereocenters. The summed E-state index contributed by atoms with van der Waals surface area (Å²) in [4.78, 5) is 6.22. The van der Waals surface area contributed by atoms with Crippen molar-refractivity contribution in [1.82, 2.24) is 9.97 Å². The molecule has 24 heavy (non-hydrogen) atoms. The van der Waals surface area contributed by atoms with E-state index in [1.165, 1.54) is 0 Å². The SMILES string of the molecule is Oc1[nH]c2ccc(Cl)cc2c1N=Nc1ncc(C(F)(F)F)cc1Cl. The third-order valence-electron chi connectivity index (χ3n) is 3.11. The van der Waals surface area contributed by atoms with Gasteiger partial charge in [0, 0.05) is 16.6 Å². The van der Waals surface area contributed by atoms with Crippen molar-refractivity contribution in [3.8, 4) is 5.88 Å². The Morgan fingerprint density at radius 2 is 1.88 bits per heavy atom. The second kappa shape index (κ2) is 5.95. The number of H-pyrrole nitrogens is 1. The fourth-order valence-corrected chi connectivity index (χ4v) is 2.37. The van der Waals surface area contributed by atoms with Crippen LogP contribution >= 0.6 is 23.2 Å². The first-order valence-electron chi connectivity index (χ1n) is 6.40. The number of benzene rings is 1. The fourth-order valence-electron chi connectivity index (χ4n) is 1.99. The van der Waals surface area contributed by atoms with Crippen molar-refractivity contribution in [1.29, 1.82) is 0 Å². The van der Waals surface area contributed by atoms with Gasteiger partial charge in [-0.2, -0.15) is 13.2 Å². The summed E-state index contributed by atoms with van der Waals surface area (Å²) in [6.45, 7) is 0.